The highest BCUT2D eigenvalue weighted by Crippen LogP contribution is 2.31. The summed E-state index contributed by atoms with van der Waals surface area (Å²) in [6.07, 6.45) is 3.79. The normalized spacial score (nSPS) is 16.6. The smallest absolute Gasteiger partial charge is 0.229 e. The van der Waals surface area contributed by atoms with Crippen molar-refractivity contribution in [3.63, 3.8) is 0 Å². The molecule has 0 radical (unpaired) electrons. The fourth-order valence-corrected chi connectivity index (χ4v) is 4.55. The fourth-order valence-electron chi connectivity index (χ4n) is 2.52. The summed E-state index contributed by atoms with van der Waals surface area (Å²) in [7, 11) is 0. The number of amides is 1. The Kier molecular flexibility index (Phi) is 6.74. The Labute approximate surface area is 156 Å². The number of nitrogens with one attached hydrogen (secondary N) is 1. The monoisotopic (exact) mass is 374 g/mol. The molecule has 1 aromatic heterocycles. The van der Waals surface area contributed by atoms with Crippen molar-refractivity contribution in [1.29, 1.82) is 0 Å². The van der Waals surface area contributed by atoms with Gasteiger partial charge in [-0.1, -0.05) is 18.7 Å². The maximum atomic E-state index is 12.2. The first-order valence-electron chi connectivity index (χ1n) is 8.64. The van der Waals surface area contributed by atoms with Crippen LogP contribution in [0.5, 0.6) is 0 Å². The van der Waals surface area contributed by atoms with Gasteiger partial charge in [-0.15, -0.1) is 23.2 Å². The van der Waals surface area contributed by atoms with Crippen LogP contribution in [0.4, 0.5) is 5.69 Å². The largest absolute Gasteiger partial charge is 0.381 e. The Bertz CT molecular complexity index is 786. The molecular formula is C19H22N2O2S2. The van der Waals surface area contributed by atoms with E-state index in [2.05, 4.69) is 29.1 Å². The van der Waals surface area contributed by atoms with Crippen molar-refractivity contribution in [3.05, 3.63) is 18.2 Å². The molecule has 0 bridgehead atoms. The number of rotatable bonds is 6. The summed E-state index contributed by atoms with van der Waals surface area (Å²) in [4.78, 5) is 16.8. The molecule has 0 aliphatic carbocycles. The van der Waals surface area contributed by atoms with Gasteiger partial charge in [0.2, 0.25) is 5.91 Å². The standard InChI is InChI=1S/C19H22N2O2S2/c1-2-3-4-5-6-11-24-19-21-16-8-7-15(12-17(16)25-19)20-18(22)14-9-10-23-13-14/h7-8,12,14H,2-3,6,9-11,13H2,1H3,(H,20,22). The third-order valence-electron chi connectivity index (χ3n) is 3.89. The highest BCUT2D eigenvalue weighted by molar-refractivity contribution is 8.01. The summed E-state index contributed by atoms with van der Waals surface area (Å²) in [5, 5.41) is 2.99. The van der Waals surface area contributed by atoms with E-state index in [-0.39, 0.29) is 11.8 Å². The molecule has 1 unspecified atom stereocenters. The number of nitrogens with zero attached hydrogens (tertiary/aromatic N) is 1. The zero-order valence-electron chi connectivity index (χ0n) is 14.3. The first kappa shape index (κ1) is 18.2. The Morgan fingerprint density at radius 1 is 1.44 bits per heavy atom. The minimum atomic E-state index is -0.0305. The van der Waals surface area contributed by atoms with Gasteiger partial charge in [-0.2, -0.15) is 0 Å². The summed E-state index contributed by atoms with van der Waals surface area (Å²) in [5.74, 6) is 7.34. The van der Waals surface area contributed by atoms with Crippen LogP contribution in [0.15, 0.2) is 22.5 Å². The van der Waals surface area contributed by atoms with Crippen LogP contribution in [0, 0.1) is 17.8 Å². The number of ether oxygens (including phenoxy) is 1. The van der Waals surface area contributed by atoms with Crippen LogP contribution in [0.1, 0.15) is 32.6 Å². The molecule has 25 heavy (non-hydrogen) atoms. The van der Waals surface area contributed by atoms with Crippen LogP contribution in [-0.4, -0.2) is 29.9 Å². The second-order valence-electron chi connectivity index (χ2n) is 5.91. The molecule has 3 rings (SSSR count). The summed E-state index contributed by atoms with van der Waals surface area (Å²) < 4.78 is 7.43. The van der Waals surface area contributed by atoms with E-state index in [1.165, 1.54) is 0 Å². The van der Waals surface area contributed by atoms with Gasteiger partial charge < -0.3 is 10.1 Å². The van der Waals surface area contributed by atoms with E-state index in [0.29, 0.717) is 13.2 Å². The average Bonchev–Trinajstić information content (AvgIpc) is 3.27. The number of fused-ring (bicyclic) bond motifs is 1. The molecule has 1 atom stereocenters. The van der Waals surface area contributed by atoms with Crippen LogP contribution in [-0.2, 0) is 9.53 Å². The van der Waals surface area contributed by atoms with Crippen molar-refractivity contribution in [3.8, 4) is 11.8 Å². The van der Waals surface area contributed by atoms with Crippen LogP contribution < -0.4 is 5.32 Å². The number of hydrogen-bond donors (Lipinski definition) is 1. The lowest BCUT2D eigenvalue weighted by atomic mass is 10.1. The van der Waals surface area contributed by atoms with Crippen molar-refractivity contribution >= 4 is 44.9 Å². The van der Waals surface area contributed by atoms with Gasteiger partial charge in [-0.3, -0.25) is 4.79 Å². The Morgan fingerprint density at radius 3 is 3.12 bits per heavy atom. The van der Waals surface area contributed by atoms with Crippen molar-refractivity contribution in [2.75, 3.05) is 24.3 Å². The number of anilines is 1. The van der Waals surface area contributed by atoms with E-state index in [4.69, 9.17) is 4.74 Å². The molecule has 132 valence electrons. The Balaban J connectivity index is 1.57. The number of benzene rings is 1. The van der Waals surface area contributed by atoms with Crippen LogP contribution >= 0.6 is 23.1 Å². The van der Waals surface area contributed by atoms with Gasteiger partial charge in [0.25, 0.3) is 0 Å². The van der Waals surface area contributed by atoms with E-state index in [0.717, 1.165) is 51.7 Å². The van der Waals surface area contributed by atoms with Gasteiger partial charge >= 0.3 is 0 Å². The number of thioether (sulfide) groups is 1. The summed E-state index contributed by atoms with van der Waals surface area (Å²) in [6, 6.07) is 5.89. The van der Waals surface area contributed by atoms with Gasteiger partial charge in [-0.25, -0.2) is 4.98 Å². The molecule has 6 heteroatoms. The second-order valence-corrected chi connectivity index (χ2v) is 8.29. The summed E-state index contributed by atoms with van der Waals surface area (Å²) >= 11 is 3.41. The van der Waals surface area contributed by atoms with E-state index < -0.39 is 0 Å². The molecule has 1 aliphatic heterocycles. The number of hydrogen-bond acceptors (Lipinski definition) is 5. The molecule has 4 nitrogen and oxygen atoms in total. The zero-order chi connectivity index (χ0) is 17.5. The number of carbonyl (C=O) groups is 1. The first-order valence-corrected chi connectivity index (χ1v) is 10.4. The molecule has 0 saturated carbocycles. The van der Waals surface area contributed by atoms with Crippen molar-refractivity contribution in [2.24, 2.45) is 5.92 Å². The minimum absolute atomic E-state index is 0.0305. The van der Waals surface area contributed by atoms with Gasteiger partial charge in [0, 0.05) is 30.9 Å². The maximum Gasteiger partial charge on any atom is 0.229 e. The van der Waals surface area contributed by atoms with Crippen molar-refractivity contribution < 1.29 is 9.53 Å². The number of aromatic nitrogens is 1. The molecule has 1 N–H and O–H groups in total. The first-order chi connectivity index (χ1) is 12.3. The van der Waals surface area contributed by atoms with Gasteiger partial charge in [0.05, 0.1) is 22.7 Å². The highest BCUT2D eigenvalue weighted by Gasteiger charge is 2.23. The molecule has 2 aromatic rings. The van der Waals surface area contributed by atoms with Crippen molar-refractivity contribution in [2.45, 2.75) is 36.9 Å². The quantitative estimate of drug-likeness (QED) is 0.458. The SMILES string of the molecule is CCCC#CCCSc1nc2ccc(NC(=O)C3CCOC3)cc2s1. The lowest BCUT2D eigenvalue weighted by Crippen LogP contribution is -2.22. The number of thiazole rings is 1. The maximum absolute atomic E-state index is 12.2. The molecular weight excluding hydrogens is 352 g/mol. The van der Waals surface area contributed by atoms with E-state index in [1.54, 1.807) is 23.1 Å². The van der Waals surface area contributed by atoms with Gasteiger partial charge in [0.1, 0.15) is 0 Å². The van der Waals surface area contributed by atoms with Crippen LogP contribution in [0.3, 0.4) is 0 Å². The molecule has 1 saturated heterocycles. The summed E-state index contributed by atoms with van der Waals surface area (Å²) in [6.45, 7) is 3.34. The van der Waals surface area contributed by atoms with E-state index in [9.17, 15) is 4.79 Å². The predicted octanol–water partition coefficient (Wildman–Crippen LogP) is 4.56. The number of unbranched alkanes of at least 4 members (excludes halogenated alkanes) is 1. The third-order valence-corrected chi connectivity index (χ3v) is 6.05. The van der Waals surface area contributed by atoms with Gasteiger partial charge in [-0.05, 0) is 31.0 Å². The average molecular weight is 375 g/mol. The lowest BCUT2D eigenvalue weighted by Gasteiger charge is -2.08. The van der Waals surface area contributed by atoms with E-state index in [1.807, 2.05) is 18.2 Å². The summed E-state index contributed by atoms with van der Waals surface area (Å²) in [5.41, 5.74) is 1.81. The van der Waals surface area contributed by atoms with Crippen molar-refractivity contribution in [1.82, 2.24) is 4.98 Å². The lowest BCUT2D eigenvalue weighted by molar-refractivity contribution is -0.119. The number of carbonyl (C=O) groups excluding carboxylic acids is 1. The Hall–Kier alpha value is -1.55. The minimum Gasteiger partial charge on any atom is -0.381 e. The third kappa shape index (κ3) is 5.21. The molecule has 1 amide bonds. The highest BCUT2D eigenvalue weighted by atomic mass is 32.2. The van der Waals surface area contributed by atoms with E-state index >= 15 is 0 Å². The predicted molar refractivity (Wildman–Crippen MR) is 105 cm³/mol. The zero-order valence-corrected chi connectivity index (χ0v) is 16.0. The molecule has 0 spiro atoms. The molecule has 2 heterocycles. The Morgan fingerprint density at radius 2 is 2.32 bits per heavy atom. The molecule has 1 fully saturated rings. The topological polar surface area (TPSA) is 51.2 Å². The molecule has 1 aromatic carbocycles. The van der Waals surface area contributed by atoms with Crippen LogP contribution in [0.25, 0.3) is 10.2 Å². The van der Waals surface area contributed by atoms with Gasteiger partial charge in [0.15, 0.2) is 4.34 Å². The second kappa shape index (κ2) is 9.23. The van der Waals surface area contributed by atoms with Crippen LogP contribution in [0.2, 0.25) is 0 Å². The molecule has 1 aliphatic rings. The fraction of sp³-hybridized carbons (Fsp3) is 0.474.